The Morgan fingerprint density at radius 2 is 1.82 bits per heavy atom. The number of hydrogen-bond acceptors (Lipinski definition) is 4. The Balaban J connectivity index is 1.96. The van der Waals surface area contributed by atoms with Crippen molar-refractivity contribution in [3.8, 4) is 0 Å². The lowest BCUT2D eigenvalue weighted by molar-refractivity contribution is -0.133. The molecule has 1 aromatic rings. The van der Waals surface area contributed by atoms with Gasteiger partial charge in [-0.1, -0.05) is 26.8 Å². The Bertz CT molecular complexity index is 558. The summed E-state index contributed by atoms with van der Waals surface area (Å²) in [5, 5.41) is 9.00. The number of nitrogens with zero attached hydrogens (tertiary/aromatic N) is 3. The molecule has 0 radical (unpaired) electrons. The largest absolute Gasteiger partial charge is 0.477 e. The smallest absolute Gasteiger partial charge is 0.354 e. The summed E-state index contributed by atoms with van der Waals surface area (Å²) < 4.78 is 0. The fraction of sp³-hybridized carbons (Fsp3) is 0.562. The van der Waals surface area contributed by atoms with Crippen LogP contribution in [0.3, 0.4) is 0 Å². The summed E-state index contributed by atoms with van der Waals surface area (Å²) >= 11 is 0. The van der Waals surface area contributed by atoms with Gasteiger partial charge in [-0.2, -0.15) is 0 Å². The third-order valence-electron chi connectivity index (χ3n) is 3.59. The van der Waals surface area contributed by atoms with Crippen molar-refractivity contribution < 1.29 is 14.7 Å². The lowest BCUT2D eigenvalue weighted by Crippen LogP contribution is -2.49. The molecule has 1 saturated heterocycles. The van der Waals surface area contributed by atoms with Gasteiger partial charge in [0.05, 0.1) is 0 Å². The SMILES string of the molecule is CC(C)(C)CC(=O)N1CCN(c2cccc(C(=O)O)n2)CC1. The lowest BCUT2D eigenvalue weighted by atomic mass is 9.91. The summed E-state index contributed by atoms with van der Waals surface area (Å²) in [5.41, 5.74) is 0.0368. The van der Waals surface area contributed by atoms with Gasteiger partial charge in [0, 0.05) is 32.6 Å². The minimum absolute atomic E-state index is 0.00834. The molecule has 6 heteroatoms. The molecule has 1 amide bonds. The summed E-state index contributed by atoms with van der Waals surface area (Å²) in [4.78, 5) is 31.2. The molecule has 22 heavy (non-hydrogen) atoms. The Morgan fingerprint density at radius 1 is 1.18 bits per heavy atom. The third kappa shape index (κ3) is 4.19. The highest BCUT2D eigenvalue weighted by molar-refractivity contribution is 5.85. The second-order valence-electron chi connectivity index (χ2n) is 6.79. The van der Waals surface area contributed by atoms with Crippen LogP contribution in [-0.4, -0.2) is 53.0 Å². The number of aromatic carboxylic acids is 1. The number of piperazine rings is 1. The molecule has 0 atom stereocenters. The molecule has 1 aliphatic heterocycles. The highest BCUT2D eigenvalue weighted by Crippen LogP contribution is 2.21. The molecule has 2 rings (SSSR count). The van der Waals surface area contributed by atoms with Gasteiger partial charge in [-0.15, -0.1) is 0 Å². The van der Waals surface area contributed by atoms with Gasteiger partial charge in [0.25, 0.3) is 0 Å². The number of carbonyl (C=O) groups excluding carboxylic acids is 1. The maximum Gasteiger partial charge on any atom is 0.354 e. The number of carboxylic acid groups (broad SMARTS) is 1. The van der Waals surface area contributed by atoms with Crippen molar-refractivity contribution in [1.29, 1.82) is 0 Å². The number of rotatable bonds is 3. The molecule has 1 aliphatic rings. The van der Waals surface area contributed by atoms with Gasteiger partial charge >= 0.3 is 5.97 Å². The van der Waals surface area contributed by atoms with Crippen LogP contribution < -0.4 is 4.90 Å². The predicted octanol–water partition coefficient (Wildman–Crippen LogP) is 1.86. The van der Waals surface area contributed by atoms with Crippen LogP contribution >= 0.6 is 0 Å². The van der Waals surface area contributed by atoms with Crippen LogP contribution in [0.5, 0.6) is 0 Å². The quantitative estimate of drug-likeness (QED) is 0.922. The first-order chi connectivity index (χ1) is 10.3. The van der Waals surface area contributed by atoms with E-state index in [0.717, 1.165) is 0 Å². The fourth-order valence-corrected chi connectivity index (χ4v) is 2.47. The van der Waals surface area contributed by atoms with E-state index in [9.17, 15) is 9.59 Å². The first-order valence-corrected chi connectivity index (χ1v) is 7.49. The van der Waals surface area contributed by atoms with E-state index in [-0.39, 0.29) is 17.0 Å². The Hall–Kier alpha value is -2.11. The molecule has 6 nitrogen and oxygen atoms in total. The zero-order valence-corrected chi connectivity index (χ0v) is 13.4. The molecular formula is C16H23N3O3. The van der Waals surface area contributed by atoms with Crippen molar-refractivity contribution in [3.63, 3.8) is 0 Å². The minimum Gasteiger partial charge on any atom is -0.477 e. The average Bonchev–Trinajstić information content (AvgIpc) is 2.46. The van der Waals surface area contributed by atoms with E-state index in [1.54, 1.807) is 12.1 Å². The number of carboxylic acids is 1. The Labute approximate surface area is 130 Å². The van der Waals surface area contributed by atoms with Gasteiger partial charge in [0.1, 0.15) is 5.82 Å². The lowest BCUT2D eigenvalue weighted by Gasteiger charge is -2.36. The molecule has 2 heterocycles. The highest BCUT2D eigenvalue weighted by atomic mass is 16.4. The zero-order valence-electron chi connectivity index (χ0n) is 13.4. The number of anilines is 1. The van der Waals surface area contributed by atoms with Crippen LogP contribution in [0.4, 0.5) is 5.82 Å². The summed E-state index contributed by atoms with van der Waals surface area (Å²) in [6, 6.07) is 4.98. The van der Waals surface area contributed by atoms with E-state index in [1.165, 1.54) is 6.07 Å². The molecule has 0 bridgehead atoms. The second-order valence-corrected chi connectivity index (χ2v) is 6.79. The normalized spacial score (nSPS) is 15.8. The van der Waals surface area contributed by atoms with Gasteiger partial charge < -0.3 is 14.9 Å². The predicted molar refractivity (Wildman–Crippen MR) is 84.1 cm³/mol. The van der Waals surface area contributed by atoms with Crippen LogP contribution in [0.1, 0.15) is 37.7 Å². The molecule has 0 aliphatic carbocycles. The highest BCUT2D eigenvalue weighted by Gasteiger charge is 2.25. The summed E-state index contributed by atoms with van der Waals surface area (Å²) in [6.07, 6.45) is 0.541. The standard InChI is InChI=1S/C16H23N3O3/c1-16(2,3)11-14(20)19-9-7-18(8-10-19)13-6-4-5-12(17-13)15(21)22/h4-6H,7-11H2,1-3H3,(H,21,22). The van der Waals surface area contributed by atoms with E-state index >= 15 is 0 Å². The first kappa shape index (κ1) is 16.3. The first-order valence-electron chi connectivity index (χ1n) is 7.49. The topological polar surface area (TPSA) is 73.7 Å². The van der Waals surface area contributed by atoms with Gasteiger partial charge in [-0.05, 0) is 17.5 Å². The van der Waals surface area contributed by atoms with Crippen molar-refractivity contribution in [2.24, 2.45) is 5.41 Å². The van der Waals surface area contributed by atoms with Gasteiger partial charge in [-0.25, -0.2) is 9.78 Å². The van der Waals surface area contributed by atoms with Crippen LogP contribution in [-0.2, 0) is 4.79 Å². The Kier molecular flexibility index (Phi) is 4.68. The summed E-state index contributed by atoms with van der Waals surface area (Å²) in [6.45, 7) is 8.81. The van der Waals surface area contributed by atoms with Crippen LogP contribution in [0, 0.1) is 5.41 Å². The van der Waals surface area contributed by atoms with Crippen LogP contribution in [0.2, 0.25) is 0 Å². The van der Waals surface area contributed by atoms with E-state index < -0.39 is 5.97 Å². The molecule has 0 unspecified atom stereocenters. The molecular weight excluding hydrogens is 282 g/mol. The zero-order chi connectivity index (χ0) is 16.3. The molecule has 0 spiro atoms. The molecule has 0 saturated carbocycles. The number of carbonyl (C=O) groups is 2. The third-order valence-corrected chi connectivity index (χ3v) is 3.59. The van der Waals surface area contributed by atoms with E-state index in [0.29, 0.717) is 38.4 Å². The molecule has 1 fully saturated rings. The van der Waals surface area contributed by atoms with Gasteiger partial charge in [0.15, 0.2) is 5.69 Å². The van der Waals surface area contributed by atoms with Gasteiger partial charge in [0.2, 0.25) is 5.91 Å². The van der Waals surface area contributed by atoms with E-state index in [2.05, 4.69) is 25.8 Å². The minimum atomic E-state index is -1.03. The number of pyridine rings is 1. The van der Waals surface area contributed by atoms with Crippen molar-refractivity contribution in [2.75, 3.05) is 31.1 Å². The molecule has 120 valence electrons. The number of aromatic nitrogens is 1. The maximum atomic E-state index is 12.2. The number of amides is 1. The van der Waals surface area contributed by atoms with E-state index in [4.69, 9.17) is 5.11 Å². The van der Waals surface area contributed by atoms with Crippen LogP contribution in [0.15, 0.2) is 18.2 Å². The molecule has 1 N–H and O–H groups in total. The van der Waals surface area contributed by atoms with Crippen LogP contribution in [0.25, 0.3) is 0 Å². The molecule has 0 aromatic carbocycles. The van der Waals surface area contributed by atoms with Gasteiger partial charge in [-0.3, -0.25) is 4.79 Å². The maximum absolute atomic E-state index is 12.2. The monoisotopic (exact) mass is 305 g/mol. The fourth-order valence-electron chi connectivity index (χ4n) is 2.47. The summed E-state index contributed by atoms with van der Waals surface area (Å²) in [5.74, 6) is -0.192. The molecule has 1 aromatic heterocycles. The van der Waals surface area contributed by atoms with E-state index in [1.807, 2.05) is 9.80 Å². The summed E-state index contributed by atoms with van der Waals surface area (Å²) in [7, 11) is 0. The Morgan fingerprint density at radius 3 is 2.36 bits per heavy atom. The van der Waals surface area contributed by atoms with Crippen molar-refractivity contribution in [3.05, 3.63) is 23.9 Å². The van der Waals surface area contributed by atoms with Crippen molar-refractivity contribution in [1.82, 2.24) is 9.88 Å². The van der Waals surface area contributed by atoms with Crippen molar-refractivity contribution in [2.45, 2.75) is 27.2 Å². The number of hydrogen-bond donors (Lipinski definition) is 1. The second kappa shape index (κ2) is 6.34. The average molecular weight is 305 g/mol. The van der Waals surface area contributed by atoms with Crippen molar-refractivity contribution >= 4 is 17.7 Å².